The molecule has 1 atom stereocenters. The fraction of sp³-hybridized carbons (Fsp3) is 0.0769. The van der Waals surface area contributed by atoms with Gasteiger partial charge in [0.2, 0.25) is 0 Å². The molecule has 2 aromatic carbocycles. The van der Waals surface area contributed by atoms with Gasteiger partial charge < -0.3 is 0 Å². The van der Waals surface area contributed by atoms with Crippen LogP contribution in [0.15, 0.2) is 48.5 Å². The monoisotopic (exact) mass is 267 g/mol. The highest BCUT2D eigenvalue weighted by molar-refractivity contribution is 6.42. The van der Waals surface area contributed by atoms with Crippen molar-refractivity contribution in [1.82, 2.24) is 0 Å². The van der Waals surface area contributed by atoms with Crippen molar-refractivity contribution in [2.45, 2.75) is 6.10 Å². The van der Waals surface area contributed by atoms with E-state index in [1.54, 1.807) is 12.1 Å². The molecule has 0 saturated heterocycles. The van der Waals surface area contributed by atoms with Gasteiger partial charge in [0.05, 0.1) is 10.0 Å². The molecule has 0 aromatic heterocycles. The highest BCUT2D eigenvalue weighted by atomic mass is 35.5. The van der Waals surface area contributed by atoms with E-state index in [1.165, 1.54) is 0 Å². The molecule has 1 unspecified atom stereocenters. The molecule has 2 nitrogen and oxygen atoms in total. The first-order valence-electron chi connectivity index (χ1n) is 5.08. The van der Waals surface area contributed by atoms with Gasteiger partial charge in [-0.2, -0.15) is 0 Å². The third-order valence-corrected chi connectivity index (χ3v) is 3.22. The predicted octanol–water partition coefficient (Wildman–Crippen LogP) is 3.97. The predicted molar refractivity (Wildman–Crippen MR) is 70.0 cm³/mol. The summed E-state index contributed by atoms with van der Waals surface area (Å²) < 4.78 is 0. The standard InChI is InChI=1S/C13H11Cl2NO/c14-11-7-6-10(8-12(11)15)13(17-16)9-4-2-1-3-5-9/h1-8,13H,16H2. The summed E-state index contributed by atoms with van der Waals surface area (Å²) in [6.07, 6.45) is -0.342. The zero-order chi connectivity index (χ0) is 12.3. The van der Waals surface area contributed by atoms with E-state index < -0.39 is 0 Å². The van der Waals surface area contributed by atoms with Crippen LogP contribution in [0.4, 0.5) is 0 Å². The highest BCUT2D eigenvalue weighted by Gasteiger charge is 2.14. The molecular weight excluding hydrogens is 257 g/mol. The molecule has 0 amide bonds. The molecule has 2 aromatic rings. The second-order valence-electron chi connectivity index (χ2n) is 3.60. The van der Waals surface area contributed by atoms with E-state index in [0.29, 0.717) is 10.0 Å². The molecule has 17 heavy (non-hydrogen) atoms. The summed E-state index contributed by atoms with van der Waals surface area (Å²) in [5.74, 6) is 5.35. The van der Waals surface area contributed by atoms with Crippen LogP contribution in [-0.2, 0) is 4.84 Å². The first-order chi connectivity index (χ1) is 8.22. The van der Waals surface area contributed by atoms with E-state index >= 15 is 0 Å². The zero-order valence-electron chi connectivity index (χ0n) is 8.94. The van der Waals surface area contributed by atoms with Gasteiger partial charge in [0.15, 0.2) is 0 Å². The lowest BCUT2D eigenvalue weighted by Gasteiger charge is -2.15. The highest BCUT2D eigenvalue weighted by Crippen LogP contribution is 2.30. The Hall–Kier alpha value is -1.06. The molecule has 0 spiro atoms. The lowest BCUT2D eigenvalue weighted by Crippen LogP contribution is -2.10. The summed E-state index contributed by atoms with van der Waals surface area (Å²) in [6.45, 7) is 0. The summed E-state index contributed by atoms with van der Waals surface area (Å²) >= 11 is 11.8. The Balaban J connectivity index is 2.39. The fourth-order valence-electron chi connectivity index (χ4n) is 1.65. The second-order valence-corrected chi connectivity index (χ2v) is 4.41. The number of hydrogen-bond donors (Lipinski definition) is 1. The minimum atomic E-state index is -0.342. The Morgan fingerprint density at radius 3 is 2.18 bits per heavy atom. The van der Waals surface area contributed by atoms with Crippen LogP contribution in [0.5, 0.6) is 0 Å². The van der Waals surface area contributed by atoms with Crippen LogP contribution in [0.1, 0.15) is 17.2 Å². The largest absolute Gasteiger partial charge is 0.292 e. The molecule has 0 radical (unpaired) electrons. The molecule has 0 aliphatic rings. The van der Waals surface area contributed by atoms with Crippen molar-refractivity contribution in [1.29, 1.82) is 0 Å². The first kappa shape index (κ1) is 12.4. The van der Waals surface area contributed by atoms with Gasteiger partial charge in [-0.05, 0) is 23.3 Å². The molecule has 4 heteroatoms. The molecule has 0 bridgehead atoms. The van der Waals surface area contributed by atoms with Crippen LogP contribution >= 0.6 is 23.2 Å². The summed E-state index contributed by atoms with van der Waals surface area (Å²) in [4.78, 5) is 5.02. The number of benzene rings is 2. The van der Waals surface area contributed by atoms with Crippen LogP contribution in [0.25, 0.3) is 0 Å². The van der Waals surface area contributed by atoms with E-state index in [1.807, 2.05) is 36.4 Å². The quantitative estimate of drug-likeness (QED) is 0.855. The van der Waals surface area contributed by atoms with Gasteiger partial charge in [-0.25, -0.2) is 5.90 Å². The Bertz CT molecular complexity index is 502. The van der Waals surface area contributed by atoms with Crippen LogP contribution in [0.2, 0.25) is 10.0 Å². The third-order valence-electron chi connectivity index (χ3n) is 2.48. The maximum atomic E-state index is 5.97. The minimum Gasteiger partial charge on any atom is -0.292 e. The number of hydrogen-bond acceptors (Lipinski definition) is 2. The van der Waals surface area contributed by atoms with Crippen molar-refractivity contribution < 1.29 is 4.84 Å². The maximum absolute atomic E-state index is 5.97. The normalized spacial score (nSPS) is 12.4. The van der Waals surface area contributed by atoms with Gasteiger partial charge in [0.25, 0.3) is 0 Å². The number of nitrogens with two attached hydrogens (primary N) is 1. The zero-order valence-corrected chi connectivity index (χ0v) is 10.4. The topological polar surface area (TPSA) is 35.2 Å². The maximum Gasteiger partial charge on any atom is 0.129 e. The van der Waals surface area contributed by atoms with Crippen molar-refractivity contribution in [2.75, 3.05) is 0 Å². The minimum absolute atomic E-state index is 0.342. The molecule has 0 aliphatic heterocycles. The molecule has 0 saturated carbocycles. The fourth-order valence-corrected chi connectivity index (χ4v) is 1.96. The van der Waals surface area contributed by atoms with Crippen molar-refractivity contribution in [3.05, 3.63) is 69.7 Å². The summed E-state index contributed by atoms with van der Waals surface area (Å²) in [5.41, 5.74) is 1.83. The smallest absolute Gasteiger partial charge is 0.129 e. The van der Waals surface area contributed by atoms with Crippen LogP contribution in [-0.4, -0.2) is 0 Å². The second kappa shape index (κ2) is 5.52. The van der Waals surface area contributed by atoms with E-state index in [2.05, 4.69) is 0 Å². The van der Waals surface area contributed by atoms with Gasteiger partial charge in [-0.3, -0.25) is 4.84 Å². The van der Waals surface area contributed by atoms with Crippen molar-refractivity contribution >= 4 is 23.2 Å². The molecule has 0 heterocycles. The molecule has 0 fully saturated rings. The van der Waals surface area contributed by atoms with Crippen molar-refractivity contribution in [3.8, 4) is 0 Å². The number of rotatable bonds is 3. The molecule has 0 aliphatic carbocycles. The Morgan fingerprint density at radius 2 is 1.59 bits per heavy atom. The SMILES string of the molecule is NOC(c1ccccc1)c1ccc(Cl)c(Cl)c1. The van der Waals surface area contributed by atoms with Crippen LogP contribution in [0, 0.1) is 0 Å². The molecular formula is C13H11Cl2NO. The lowest BCUT2D eigenvalue weighted by molar-refractivity contribution is 0.0813. The average Bonchev–Trinajstić information content (AvgIpc) is 2.36. The van der Waals surface area contributed by atoms with Gasteiger partial charge >= 0.3 is 0 Å². The van der Waals surface area contributed by atoms with Crippen molar-refractivity contribution in [3.63, 3.8) is 0 Å². The van der Waals surface area contributed by atoms with E-state index in [-0.39, 0.29) is 6.10 Å². The van der Waals surface area contributed by atoms with Gasteiger partial charge in [-0.1, -0.05) is 59.6 Å². The van der Waals surface area contributed by atoms with E-state index in [0.717, 1.165) is 11.1 Å². The van der Waals surface area contributed by atoms with E-state index in [9.17, 15) is 0 Å². The summed E-state index contributed by atoms with van der Waals surface area (Å²) in [5, 5.41) is 1.00. The van der Waals surface area contributed by atoms with Crippen LogP contribution in [0.3, 0.4) is 0 Å². The average molecular weight is 268 g/mol. The molecule has 88 valence electrons. The van der Waals surface area contributed by atoms with Crippen LogP contribution < -0.4 is 5.90 Å². The molecule has 2 rings (SSSR count). The van der Waals surface area contributed by atoms with Gasteiger partial charge in [0, 0.05) is 0 Å². The first-order valence-corrected chi connectivity index (χ1v) is 5.83. The third kappa shape index (κ3) is 2.79. The van der Waals surface area contributed by atoms with E-state index in [4.69, 9.17) is 33.9 Å². The summed E-state index contributed by atoms with van der Waals surface area (Å²) in [6, 6.07) is 15.0. The Labute approximate surface area is 110 Å². The lowest BCUT2D eigenvalue weighted by atomic mass is 10.0. The van der Waals surface area contributed by atoms with Crippen molar-refractivity contribution in [2.24, 2.45) is 5.90 Å². The van der Waals surface area contributed by atoms with Gasteiger partial charge in [0.1, 0.15) is 6.10 Å². The van der Waals surface area contributed by atoms with Gasteiger partial charge in [-0.15, -0.1) is 0 Å². The number of halogens is 2. The summed E-state index contributed by atoms with van der Waals surface area (Å²) in [7, 11) is 0. The Morgan fingerprint density at radius 1 is 0.882 bits per heavy atom. The molecule has 2 N–H and O–H groups in total. The Kier molecular flexibility index (Phi) is 4.02.